The van der Waals surface area contributed by atoms with E-state index in [1.165, 1.54) is 0 Å². The molecule has 1 fully saturated rings. The third kappa shape index (κ3) is 2.04. The van der Waals surface area contributed by atoms with Crippen LogP contribution in [0.5, 0.6) is 5.88 Å². The first kappa shape index (κ1) is 13.1. The van der Waals surface area contributed by atoms with Crippen molar-refractivity contribution in [3.63, 3.8) is 0 Å². The monoisotopic (exact) mass is 249 g/mol. The zero-order valence-corrected chi connectivity index (χ0v) is 12.2. The van der Waals surface area contributed by atoms with Crippen molar-refractivity contribution >= 4 is 5.82 Å². The van der Waals surface area contributed by atoms with Gasteiger partial charge in [-0.3, -0.25) is 0 Å². The Kier molecular flexibility index (Phi) is 2.99. The van der Waals surface area contributed by atoms with E-state index in [0.717, 1.165) is 11.6 Å². The van der Waals surface area contributed by atoms with Crippen LogP contribution >= 0.6 is 0 Å². The molecule has 1 aliphatic carbocycles. The lowest BCUT2D eigenvalue weighted by Gasteiger charge is -2.10. The lowest BCUT2D eigenvalue weighted by atomic mass is 10.0. The number of nitrogens with zero attached hydrogens (tertiary/aromatic N) is 2. The van der Waals surface area contributed by atoms with Gasteiger partial charge < -0.3 is 10.1 Å². The predicted octanol–water partition coefficient (Wildman–Crippen LogP) is 3.03. The fourth-order valence-electron chi connectivity index (χ4n) is 2.54. The van der Waals surface area contributed by atoms with E-state index in [-0.39, 0.29) is 10.8 Å². The lowest BCUT2D eigenvalue weighted by Crippen LogP contribution is -2.12. The van der Waals surface area contributed by atoms with E-state index in [1.807, 2.05) is 19.9 Å². The fourth-order valence-corrected chi connectivity index (χ4v) is 2.54. The highest BCUT2D eigenvalue weighted by Gasteiger charge is 2.65. The highest BCUT2D eigenvalue weighted by Crippen LogP contribution is 2.63. The Morgan fingerprint density at radius 2 is 1.83 bits per heavy atom. The second kappa shape index (κ2) is 4.11. The van der Waals surface area contributed by atoms with Crippen LogP contribution in [0.4, 0.5) is 5.82 Å². The molecular formula is C14H23N3O. The highest BCUT2D eigenvalue weighted by molar-refractivity contribution is 5.44. The van der Waals surface area contributed by atoms with Gasteiger partial charge in [0.1, 0.15) is 11.6 Å². The van der Waals surface area contributed by atoms with Crippen LogP contribution in [0.2, 0.25) is 0 Å². The van der Waals surface area contributed by atoms with E-state index in [2.05, 4.69) is 43.0 Å². The van der Waals surface area contributed by atoms with Crippen LogP contribution in [0.1, 0.15) is 40.4 Å². The van der Waals surface area contributed by atoms with Crippen molar-refractivity contribution in [3.05, 3.63) is 11.9 Å². The molecule has 18 heavy (non-hydrogen) atoms. The third-order valence-electron chi connectivity index (χ3n) is 4.42. The average molecular weight is 249 g/mol. The van der Waals surface area contributed by atoms with Crippen molar-refractivity contribution < 1.29 is 4.74 Å². The van der Waals surface area contributed by atoms with Crippen LogP contribution in [0.25, 0.3) is 0 Å². The Morgan fingerprint density at radius 1 is 1.22 bits per heavy atom. The van der Waals surface area contributed by atoms with Gasteiger partial charge in [-0.2, -0.15) is 4.98 Å². The molecule has 0 amide bonds. The van der Waals surface area contributed by atoms with Gasteiger partial charge >= 0.3 is 0 Å². The molecule has 1 aromatic heterocycles. The van der Waals surface area contributed by atoms with E-state index < -0.39 is 0 Å². The first-order chi connectivity index (χ1) is 8.29. The molecule has 0 atom stereocenters. The summed E-state index contributed by atoms with van der Waals surface area (Å²) in [6, 6.07) is 2.31. The number of ether oxygens (including phenoxy) is 1. The molecule has 1 N–H and O–H groups in total. The molecule has 0 radical (unpaired) electrons. The van der Waals surface area contributed by atoms with Crippen LogP contribution in [0.15, 0.2) is 6.07 Å². The lowest BCUT2D eigenvalue weighted by molar-refractivity contribution is 0.325. The molecular weight excluding hydrogens is 226 g/mol. The maximum Gasteiger partial charge on any atom is 0.218 e. The standard InChI is InChI=1S/C14H23N3O/c1-7-18-11-8-10(15-9(2)16-11)17-12-13(3,4)14(12,5)6/h8,12H,7H2,1-6H3,(H,15,16,17). The summed E-state index contributed by atoms with van der Waals surface area (Å²) in [5.74, 6) is 2.23. The van der Waals surface area contributed by atoms with E-state index in [4.69, 9.17) is 4.74 Å². The Bertz CT molecular complexity index is 440. The average Bonchev–Trinajstić information content (AvgIpc) is 2.60. The molecule has 100 valence electrons. The molecule has 4 nitrogen and oxygen atoms in total. The molecule has 0 spiro atoms. The van der Waals surface area contributed by atoms with Gasteiger partial charge in [-0.25, -0.2) is 4.98 Å². The summed E-state index contributed by atoms with van der Waals surface area (Å²) in [5.41, 5.74) is 0.579. The number of aromatic nitrogens is 2. The Labute approximate surface area is 109 Å². The minimum Gasteiger partial charge on any atom is -0.478 e. The third-order valence-corrected chi connectivity index (χ3v) is 4.42. The summed E-state index contributed by atoms with van der Waals surface area (Å²) in [6.07, 6.45) is 0. The van der Waals surface area contributed by atoms with Crippen molar-refractivity contribution in [2.24, 2.45) is 10.8 Å². The first-order valence-electron chi connectivity index (χ1n) is 6.54. The summed E-state index contributed by atoms with van der Waals surface area (Å²) in [6.45, 7) is 13.6. The predicted molar refractivity (Wildman–Crippen MR) is 72.9 cm³/mol. The van der Waals surface area contributed by atoms with Gasteiger partial charge in [-0.15, -0.1) is 0 Å². The van der Waals surface area contributed by atoms with Gasteiger partial charge in [0.25, 0.3) is 0 Å². The van der Waals surface area contributed by atoms with Crippen LogP contribution in [0.3, 0.4) is 0 Å². The van der Waals surface area contributed by atoms with E-state index in [1.54, 1.807) is 0 Å². The maximum atomic E-state index is 5.44. The molecule has 1 saturated carbocycles. The van der Waals surface area contributed by atoms with Crippen molar-refractivity contribution in [1.29, 1.82) is 0 Å². The Morgan fingerprint density at radius 3 is 2.33 bits per heavy atom. The summed E-state index contributed by atoms with van der Waals surface area (Å²) in [7, 11) is 0. The molecule has 1 aliphatic rings. The largest absolute Gasteiger partial charge is 0.478 e. The van der Waals surface area contributed by atoms with Gasteiger partial charge in [0.05, 0.1) is 6.61 Å². The zero-order valence-electron chi connectivity index (χ0n) is 12.2. The summed E-state index contributed by atoms with van der Waals surface area (Å²) in [5, 5.41) is 3.50. The van der Waals surface area contributed by atoms with Crippen molar-refractivity contribution in [2.75, 3.05) is 11.9 Å². The molecule has 0 saturated heterocycles. The van der Waals surface area contributed by atoms with E-state index in [9.17, 15) is 0 Å². The number of hydrogen-bond donors (Lipinski definition) is 1. The van der Waals surface area contributed by atoms with Crippen molar-refractivity contribution in [2.45, 2.75) is 47.6 Å². The number of aryl methyl sites for hydroxylation is 1. The van der Waals surface area contributed by atoms with Gasteiger partial charge in [-0.05, 0) is 24.7 Å². The molecule has 1 heterocycles. The quantitative estimate of drug-likeness (QED) is 0.891. The van der Waals surface area contributed by atoms with Crippen molar-refractivity contribution in [1.82, 2.24) is 9.97 Å². The molecule has 0 bridgehead atoms. The number of rotatable bonds is 4. The van der Waals surface area contributed by atoms with Crippen LogP contribution < -0.4 is 10.1 Å². The smallest absolute Gasteiger partial charge is 0.218 e. The number of hydrogen-bond acceptors (Lipinski definition) is 4. The topological polar surface area (TPSA) is 47.0 Å². The van der Waals surface area contributed by atoms with Crippen LogP contribution in [0, 0.1) is 17.8 Å². The number of nitrogens with one attached hydrogen (secondary N) is 1. The highest BCUT2D eigenvalue weighted by atomic mass is 16.5. The van der Waals surface area contributed by atoms with E-state index >= 15 is 0 Å². The summed E-state index contributed by atoms with van der Waals surface area (Å²) < 4.78 is 5.44. The molecule has 0 aliphatic heterocycles. The van der Waals surface area contributed by atoms with Gasteiger partial charge in [0.15, 0.2) is 0 Å². The van der Waals surface area contributed by atoms with Crippen molar-refractivity contribution in [3.8, 4) is 5.88 Å². The Balaban J connectivity index is 2.16. The minimum absolute atomic E-state index is 0.289. The number of anilines is 1. The normalized spacial score (nSPS) is 20.6. The Hall–Kier alpha value is -1.32. The molecule has 1 aromatic rings. The zero-order chi connectivity index (χ0) is 13.6. The second-order valence-corrected chi connectivity index (χ2v) is 6.09. The van der Waals surface area contributed by atoms with Gasteiger partial charge in [0, 0.05) is 12.1 Å². The van der Waals surface area contributed by atoms with Crippen LogP contribution in [-0.4, -0.2) is 22.6 Å². The maximum absolute atomic E-state index is 5.44. The second-order valence-electron chi connectivity index (χ2n) is 6.09. The molecule has 0 aromatic carbocycles. The SMILES string of the molecule is CCOc1cc(NC2C(C)(C)C2(C)C)nc(C)n1. The summed E-state index contributed by atoms with van der Waals surface area (Å²) in [4.78, 5) is 8.68. The fraction of sp³-hybridized carbons (Fsp3) is 0.714. The van der Waals surface area contributed by atoms with Gasteiger partial charge in [0.2, 0.25) is 5.88 Å². The first-order valence-corrected chi connectivity index (χ1v) is 6.54. The van der Waals surface area contributed by atoms with Crippen LogP contribution in [-0.2, 0) is 0 Å². The molecule has 4 heteroatoms. The molecule has 2 rings (SSSR count). The molecule has 0 unspecified atom stereocenters. The van der Waals surface area contributed by atoms with E-state index in [0.29, 0.717) is 18.5 Å². The summed E-state index contributed by atoms with van der Waals surface area (Å²) >= 11 is 0. The minimum atomic E-state index is 0.289. The van der Waals surface area contributed by atoms with Gasteiger partial charge in [-0.1, -0.05) is 27.7 Å².